The molecule has 0 atom stereocenters. The largest absolute Gasteiger partial charge is 0.317 e. The first-order chi connectivity index (χ1) is 9.74. The van der Waals surface area contributed by atoms with Crippen LogP contribution in [0.25, 0.3) is 5.69 Å². The molecule has 0 fully saturated rings. The number of tetrazole rings is 2. The van der Waals surface area contributed by atoms with Crippen molar-refractivity contribution in [1.29, 1.82) is 0 Å². The van der Waals surface area contributed by atoms with E-state index in [1.54, 1.807) is 0 Å². The zero-order valence-corrected chi connectivity index (χ0v) is 9.73. The summed E-state index contributed by atoms with van der Waals surface area (Å²) in [7, 11) is 0. The molecule has 2 aromatic heterocycles. The van der Waals surface area contributed by atoms with E-state index in [0.717, 1.165) is 0 Å². The SMILES string of the molecule is O=C(Nc1cc(-n2cnnn2)ccc1F)c1nn[nH]n1. The standard InChI is InChI=1S/C9H6FN9O/c10-6-2-1-5(19-4-11-15-18-19)3-7(6)12-9(20)8-13-16-17-14-8/h1-4H,(H,12,20)(H,13,14,16,17). The zero-order valence-electron chi connectivity index (χ0n) is 9.73. The third-order valence-electron chi connectivity index (χ3n) is 2.36. The Bertz CT molecular complexity index is 724. The number of aromatic amines is 1. The minimum atomic E-state index is -0.688. The molecule has 0 spiro atoms. The van der Waals surface area contributed by atoms with E-state index >= 15 is 0 Å². The van der Waals surface area contributed by atoms with E-state index in [1.807, 2.05) is 0 Å². The molecule has 2 N–H and O–H groups in total. The summed E-state index contributed by atoms with van der Waals surface area (Å²) >= 11 is 0. The molecular formula is C9H6FN9O. The van der Waals surface area contributed by atoms with Gasteiger partial charge < -0.3 is 5.32 Å². The molecule has 3 aromatic rings. The lowest BCUT2D eigenvalue weighted by molar-refractivity contribution is 0.101. The monoisotopic (exact) mass is 275 g/mol. The van der Waals surface area contributed by atoms with Crippen molar-refractivity contribution in [2.24, 2.45) is 0 Å². The molecule has 11 heteroatoms. The van der Waals surface area contributed by atoms with Crippen LogP contribution in [0.3, 0.4) is 0 Å². The van der Waals surface area contributed by atoms with E-state index < -0.39 is 11.7 Å². The maximum Gasteiger partial charge on any atom is 0.297 e. The quantitative estimate of drug-likeness (QED) is 0.663. The summed E-state index contributed by atoms with van der Waals surface area (Å²) in [5.74, 6) is -1.50. The molecule has 0 unspecified atom stereocenters. The van der Waals surface area contributed by atoms with Gasteiger partial charge in [-0.2, -0.15) is 5.21 Å². The molecule has 10 nitrogen and oxygen atoms in total. The van der Waals surface area contributed by atoms with Gasteiger partial charge in [0.05, 0.1) is 11.4 Å². The van der Waals surface area contributed by atoms with Crippen LogP contribution in [-0.2, 0) is 0 Å². The van der Waals surface area contributed by atoms with Crippen LogP contribution in [0.15, 0.2) is 24.5 Å². The number of halogens is 1. The number of rotatable bonds is 3. The number of aromatic nitrogens is 8. The maximum absolute atomic E-state index is 13.7. The number of anilines is 1. The van der Waals surface area contributed by atoms with Crippen molar-refractivity contribution >= 4 is 11.6 Å². The molecule has 0 radical (unpaired) electrons. The summed E-state index contributed by atoms with van der Waals surface area (Å²) in [4.78, 5) is 11.7. The summed E-state index contributed by atoms with van der Waals surface area (Å²) in [6.45, 7) is 0. The van der Waals surface area contributed by atoms with Crippen molar-refractivity contribution in [3.8, 4) is 5.69 Å². The number of amides is 1. The Morgan fingerprint density at radius 1 is 1.40 bits per heavy atom. The highest BCUT2D eigenvalue weighted by atomic mass is 19.1. The molecule has 0 bridgehead atoms. The number of carbonyl (C=O) groups is 1. The van der Waals surface area contributed by atoms with E-state index in [0.29, 0.717) is 5.69 Å². The van der Waals surface area contributed by atoms with Crippen LogP contribution >= 0.6 is 0 Å². The van der Waals surface area contributed by atoms with Crippen molar-refractivity contribution < 1.29 is 9.18 Å². The summed E-state index contributed by atoms with van der Waals surface area (Å²) in [6.07, 6.45) is 1.35. The van der Waals surface area contributed by atoms with Crippen LogP contribution in [0, 0.1) is 5.82 Å². The van der Waals surface area contributed by atoms with Gasteiger partial charge in [0.15, 0.2) is 0 Å². The van der Waals surface area contributed by atoms with Crippen molar-refractivity contribution in [1.82, 2.24) is 40.8 Å². The molecule has 0 aliphatic rings. The summed E-state index contributed by atoms with van der Waals surface area (Å²) in [5, 5.41) is 25.3. The van der Waals surface area contributed by atoms with E-state index in [1.165, 1.54) is 29.2 Å². The number of H-pyrrole nitrogens is 1. The minimum absolute atomic E-state index is 0.0483. The van der Waals surface area contributed by atoms with E-state index in [9.17, 15) is 9.18 Å². The predicted octanol–water partition coefficient (Wildman–Crippen LogP) is -0.433. The average Bonchev–Trinajstić information content (AvgIpc) is 3.14. The average molecular weight is 275 g/mol. The van der Waals surface area contributed by atoms with Gasteiger partial charge in [0.1, 0.15) is 12.1 Å². The molecule has 0 aliphatic heterocycles. The molecule has 1 amide bonds. The molecule has 3 rings (SSSR count). The van der Waals surface area contributed by atoms with Crippen LogP contribution in [0.1, 0.15) is 10.6 Å². The first-order valence-corrected chi connectivity index (χ1v) is 5.32. The first kappa shape index (κ1) is 11.8. The second-order valence-electron chi connectivity index (χ2n) is 3.61. The molecule has 20 heavy (non-hydrogen) atoms. The fourth-order valence-corrected chi connectivity index (χ4v) is 1.47. The van der Waals surface area contributed by atoms with Crippen LogP contribution in [0.5, 0.6) is 0 Å². The van der Waals surface area contributed by atoms with Crippen molar-refractivity contribution in [2.75, 3.05) is 5.32 Å². The lowest BCUT2D eigenvalue weighted by Gasteiger charge is -2.06. The summed E-state index contributed by atoms with van der Waals surface area (Å²) in [6, 6.07) is 4.03. The van der Waals surface area contributed by atoms with E-state index in [4.69, 9.17) is 0 Å². The first-order valence-electron chi connectivity index (χ1n) is 5.32. The fourth-order valence-electron chi connectivity index (χ4n) is 1.47. The minimum Gasteiger partial charge on any atom is -0.317 e. The molecule has 0 aliphatic carbocycles. The summed E-state index contributed by atoms with van der Waals surface area (Å²) < 4.78 is 15.0. The van der Waals surface area contributed by atoms with Gasteiger partial charge in [-0.3, -0.25) is 4.79 Å². The van der Waals surface area contributed by atoms with Gasteiger partial charge in [-0.25, -0.2) is 9.07 Å². The highest BCUT2D eigenvalue weighted by Gasteiger charge is 2.14. The van der Waals surface area contributed by atoms with Crippen LogP contribution in [0.2, 0.25) is 0 Å². The van der Waals surface area contributed by atoms with E-state index in [2.05, 4.69) is 41.5 Å². The number of benzene rings is 1. The van der Waals surface area contributed by atoms with Crippen LogP contribution in [0.4, 0.5) is 10.1 Å². The number of nitrogens with zero attached hydrogens (tertiary/aromatic N) is 7. The van der Waals surface area contributed by atoms with Gasteiger partial charge in [-0.05, 0) is 33.8 Å². The number of hydrogen-bond donors (Lipinski definition) is 2. The fraction of sp³-hybridized carbons (Fsp3) is 0. The number of nitrogens with one attached hydrogen (secondary N) is 2. The Hall–Kier alpha value is -3.24. The molecule has 2 heterocycles. The molecule has 0 saturated carbocycles. The normalized spacial score (nSPS) is 10.4. The topological polar surface area (TPSA) is 127 Å². The Kier molecular flexibility index (Phi) is 2.84. The van der Waals surface area contributed by atoms with Crippen molar-refractivity contribution in [2.45, 2.75) is 0 Å². The second-order valence-corrected chi connectivity index (χ2v) is 3.61. The second kappa shape index (κ2) is 4.79. The zero-order chi connectivity index (χ0) is 13.9. The van der Waals surface area contributed by atoms with E-state index in [-0.39, 0.29) is 11.5 Å². The van der Waals surface area contributed by atoms with Crippen molar-refractivity contribution in [3.63, 3.8) is 0 Å². The van der Waals surface area contributed by atoms with Crippen LogP contribution < -0.4 is 5.32 Å². The third-order valence-corrected chi connectivity index (χ3v) is 2.36. The van der Waals surface area contributed by atoms with Gasteiger partial charge in [0, 0.05) is 0 Å². The van der Waals surface area contributed by atoms with Gasteiger partial charge in [-0.15, -0.1) is 15.3 Å². The number of carbonyl (C=O) groups excluding carboxylic acids is 1. The van der Waals surface area contributed by atoms with Gasteiger partial charge in [0.2, 0.25) is 0 Å². The predicted molar refractivity (Wildman–Crippen MR) is 61.2 cm³/mol. The van der Waals surface area contributed by atoms with Gasteiger partial charge >= 0.3 is 0 Å². The Labute approximate surface area is 110 Å². The lowest BCUT2D eigenvalue weighted by Crippen LogP contribution is -2.15. The molecule has 100 valence electrons. The molecular weight excluding hydrogens is 269 g/mol. The molecule has 1 aromatic carbocycles. The Morgan fingerprint density at radius 3 is 3.00 bits per heavy atom. The smallest absolute Gasteiger partial charge is 0.297 e. The van der Waals surface area contributed by atoms with Crippen LogP contribution in [-0.4, -0.2) is 46.7 Å². The third kappa shape index (κ3) is 2.19. The van der Waals surface area contributed by atoms with Gasteiger partial charge in [-0.1, -0.05) is 0 Å². The number of hydrogen-bond acceptors (Lipinski definition) is 7. The van der Waals surface area contributed by atoms with Gasteiger partial charge in [0.25, 0.3) is 11.7 Å². The summed E-state index contributed by atoms with van der Waals surface area (Å²) in [5.41, 5.74) is 0.438. The highest BCUT2D eigenvalue weighted by molar-refractivity contribution is 6.01. The lowest BCUT2D eigenvalue weighted by atomic mass is 10.2. The maximum atomic E-state index is 13.7. The molecule has 0 saturated heterocycles. The Morgan fingerprint density at radius 2 is 2.30 bits per heavy atom. The Balaban J connectivity index is 1.89. The van der Waals surface area contributed by atoms with Crippen molar-refractivity contribution in [3.05, 3.63) is 36.2 Å². The highest BCUT2D eigenvalue weighted by Crippen LogP contribution is 2.18.